The highest BCUT2D eigenvalue weighted by Gasteiger charge is 2.10. The molecule has 0 fully saturated rings. The molecule has 6 aromatic rings. The standard InChI is InChI=1S/C25H20N6/c1-30-10-6-18-3-4-19(12-23(18)30)21-13-20(14-22-25(21)28-8-7-26-22)29-15-17-2-5-24-27-9-11-31(24)16-17/h2-14,16,29H,15H2,1H3. The van der Waals surface area contributed by atoms with Gasteiger partial charge in [-0.25, -0.2) is 4.98 Å². The molecule has 6 nitrogen and oxygen atoms in total. The van der Waals surface area contributed by atoms with Crippen LogP contribution in [0.25, 0.3) is 38.7 Å². The molecular weight excluding hydrogens is 384 g/mol. The minimum Gasteiger partial charge on any atom is -0.381 e. The van der Waals surface area contributed by atoms with Crippen LogP contribution in [0.2, 0.25) is 0 Å². The predicted molar refractivity (Wildman–Crippen MR) is 124 cm³/mol. The Morgan fingerprint density at radius 3 is 2.77 bits per heavy atom. The molecule has 0 aliphatic rings. The third kappa shape index (κ3) is 3.09. The summed E-state index contributed by atoms with van der Waals surface area (Å²) in [6.45, 7) is 0.705. The summed E-state index contributed by atoms with van der Waals surface area (Å²) in [5.41, 5.74) is 8.31. The van der Waals surface area contributed by atoms with Crippen LogP contribution in [0.1, 0.15) is 5.56 Å². The van der Waals surface area contributed by atoms with E-state index in [9.17, 15) is 0 Å². The maximum atomic E-state index is 4.63. The van der Waals surface area contributed by atoms with Gasteiger partial charge in [0.1, 0.15) is 5.65 Å². The van der Waals surface area contributed by atoms with Gasteiger partial charge in [-0.3, -0.25) is 9.97 Å². The number of rotatable bonds is 4. The summed E-state index contributed by atoms with van der Waals surface area (Å²) in [6.07, 6.45) is 11.4. The lowest BCUT2D eigenvalue weighted by Crippen LogP contribution is -2.01. The number of pyridine rings is 1. The first kappa shape index (κ1) is 17.7. The lowest BCUT2D eigenvalue weighted by atomic mass is 10.0. The topological polar surface area (TPSA) is 60.0 Å². The summed E-state index contributed by atoms with van der Waals surface area (Å²) in [5.74, 6) is 0. The number of fused-ring (bicyclic) bond motifs is 3. The largest absolute Gasteiger partial charge is 0.381 e. The molecule has 0 aliphatic carbocycles. The van der Waals surface area contributed by atoms with E-state index in [0.29, 0.717) is 6.54 Å². The highest BCUT2D eigenvalue weighted by atomic mass is 15.0. The Bertz CT molecular complexity index is 1560. The molecule has 6 rings (SSSR count). The van der Waals surface area contributed by atoms with Gasteiger partial charge in [-0.1, -0.05) is 18.2 Å². The van der Waals surface area contributed by atoms with Crippen molar-refractivity contribution >= 4 is 33.3 Å². The van der Waals surface area contributed by atoms with Crippen LogP contribution in [0.3, 0.4) is 0 Å². The summed E-state index contributed by atoms with van der Waals surface area (Å²) in [6, 6.07) is 17.0. The molecule has 0 aliphatic heterocycles. The van der Waals surface area contributed by atoms with Crippen LogP contribution < -0.4 is 5.32 Å². The zero-order chi connectivity index (χ0) is 20.8. The van der Waals surface area contributed by atoms with Crippen LogP contribution in [-0.2, 0) is 13.6 Å². The van der Waals surface area contributed by atoms with Gasteiger partial charge in [-0.05, 0) is 46.8 Å². The third-order valence-corrected chi connectivity index (χ3v) is 5.72. The Labute approximate surface area is 178 Å². The Kier molecular flexibility index (Phi) is 3.96. The number of aryl methyl sites for hydroxylation is 1. The van der Waals surface area contributed by atoms with E-state index in [-0.39, 0.29) is 0 Å². The minimum atomic E-state index is 0.705. The van der Waals surface area contributed by atoms with Crippen molar-refractivity contribution in [1.29, 1.82) is 0 Å². The molecule has 0 atom stereocenters. The second-order valence-electron chi connectivity index (χ2n) is 7.73. The highest BCUT2D eigenvalue weighted by Crippen LogP contribution is 2.32. The molecule has 0 spiro atoms. The number of nitrogens with one attached hydrogen (secondary N) is 1. The van der Waals surface area contributed by atoms with E-state index in [2.05, 4.69) is 86.7 Å². The molecule has 6 heteroatoms. The van der Waals surface area contributed by atoms with Crippen molar-refractivity contribution in [3.63, 3.8) is 0 Å². The first-order valence-corrected chi connectivity index (χ1v) is 10.2. The lowest BCUT2D eigenvalue weighted by Gasteiger charge is -2.12. The fraction of sp³-hybridized carbons (Fsp3) is 0.0800. The molecule has 0 unspecified atom stereocenters. The molecule has 0 bridgehead atoms. The van der Waals surface area contributed by atoms with Gasteiger partial charge in [0.05, 0.1) is 11.0 Å². The van der Waals surface area contributed by atoms with Crippen molar-refractivity contribution in [2.24, 2.45) is 7.05 Å². The van der Waals surface area contributed by atoms with Crippen molar-refractivity contribution in [2.45, 2.75) is 6.54 Å². The van der Waals surface area contributed by atoms with E-state index in [1.165, 1.54) is 16.5 Å². The van der Waals surface area contributed by atoms with Gasteiger partial charge in [0.2, 0.25) is 0 Å². The molecule has 2 aromatic carbocycles. The van der Waals surface area contributed by atoms with Gasteiger partial charge in [0.25, 0.3) is 0 Å². The number of benzene rings is 2. The van der Waals surface area contributed by atoms with E-state index in [1.54, 1.807) is 12.4 Å². The molecule has 0 saturated carbocycles. The monoisotopic (exact) mass is 404 g/mol. The fourth-order valence-corrected chi connectivity index (χ4v) is 4.10. The van der Waals surface area contributed by atoms with Crippen LogP contribution in [0.4, 0.5) is 5.69 Å². The predicted octanol–water partition coefficient (Wildman–Crippen LogP) is 5.05. The van der Waals surface area contributed by atoms with Crippen LogP contribution in [0.15, 0.2) is 85.7 Å². The molecule has 4 heterocycles. The highest BCUT2D eigenvalue weighted by molar-refractivity contribution is 5.97. The molecule has 0 radical (unpaired) electrons. The average molecular weight is 404 g/mol. The van der Waals surface area contributed by atoms with Crippen molar-refractivity contribution in [3.8, 4) is 11.1 Å². The first-order valence-electron chi connectivity index (χ1n) is 10.2. The fourth-order valence-electron chi connectivity index (χ4n) is 4.10. The summed E-state index contributed by atoms with van der Waals surface area (Å²) >= 11 is 0. The summed E-state index contributed by atoms with van der Waals surface area (Å²) in [4.78, 5) is 13.5. The summed E-state index contributed by atoms with van der Waals surface area (Å²) in [7, 11) is 2.07. The molecule has 150 valence electrons. The smallest absolute Gasteiger partial charge is 0.136 e. The second kappa shape index (κ2) is 6.95. The minimum absolute atomic E-state index is 0.705. The maximum Gasteiger partial charge on any atom is 0.136 e. The van der Waals surface area contributed by atoms with Crippen LogP contribution in [0, 0.1) is 0 Å². The second-order valence-corrected chi connectivity index (χ2v) is 7.73. The average Bonchev–Trinajstić information content (AvgIpc) is 3.43. The van der Waals surface area contributed by atoms with Crippen LogP contribution in [-0.4, -0.2) is 23.9 Å². The number of nitrogens with zero attached hydrogens (tertiary/aromatic N) is 5. The Morgan fingerprint density at radius 2 is 1.81 bits per heavy atom. The Balaban J connectivity index is 1.41. The van der Waals surface area contributed by atoms with E-state index in [0.717, 1.165) is 33.5 Å². The van der Waals surface area contributed by atoms with Gasteiger partial charge in [-0.15, -0.1) is 0 Å². The molecule has 31 heavy (non-hydrogen) atoms. The van der Waals surface area contributed by atoms with Crippen LogP contribution >= 0.6 is 0 Å². The third-order valence-electron chi connectivity index (χ3n) is 5.72. The zero-order valence-electron chi connectivity index (χ0n) is 17.0. The van der Waals surface area contributed by atoms with E-state index in [1.807, 2.05) is 22.9 Å². The quantitative estimate of drug-likeness (QED) is 0.447. The Hall–Kier alpha value is -4.19. The number of hydrogen-bond donors (Lipinski definition) is 1. The van der Waals surface area contributed by atoms with E-state index in [4.69, 9.17) is 0 Å². The van der Waals surface area contributed by atoms with Crippen molar-refractivity contribution in [1.82, 2.24) is 23.9 Å². The zero-order valence-corrected chi connectivity index (χ0v) is 17.0. The number of anilines is 1. The lowest BCUT2D eigenvalue weighted by molar-refractivity contribution is 0.969. The summed E-state index contributed by atoms with van der Waals surface area (Å²) < 4.78 is 4.17. The molecule has 0 saturated heterocycles. The maximum absolute atomic E-state index is 4.63. The molecular formula is C25H20N6. The van der Waals surface area contributed by atoms with E-state index >= 15 is 0 Å². The van der Waals surface area contributed by atoms with Crippen molar-refractivity contribution in [3.05, 3.63) is 91.3 Å². The Morgan fingerprint density at radius 1 is 0.871 bits per heavy atom. The SMILES string of the molecule is Cn1ccc2ccc(-c3cc(NCc4ccc5nccn5c4)cc4nccnc34)cc21. The summed E-state index contributed by atoms with van der Waals surface area (Å²) in [5, 5.41) is 4.78. The molecule has 1 N–H and O–H groups in total. The van der Waals surface area contributed by atoms with Gasteiger partial charge in [0.15, 0.2) is 0 Å². The molecule has 4 aromatic heterocycles. The van der Waals surface area contributed by atoms with Crippen LogP contribution in [0.5, 0.6) is 0 Å². The van der Waals surface area contributed by atoms with Gasteiger partial charge in [0, 0.05) is 67.5 Å². The number of aromatic nitrogens is 5. The normalized spacial score (nSPS) is 11.5. The van der Waals surface area contributed by atoms with Gasteiger partial charge < -0.3 is 14.3 Å². The van der Waals surface area contributed by atoms with Gasteiger partial charge in [-0.2, -0.15) is 0 Å². The number of hydrogen-bond acceptors (Lipinski definition) is 4. The first-order chi connectivity index (χ1) is 15.2. The van der Waals surface area contributed by atoms with Crippen molar-refractivity contribution < 1.29 is 0 Å². The number of imidazole rings is 1. The molecule has 0 amide bonds. The van der Waals surface area contributed by atoms with Gasteiger partial charge >= 0.3 is 0 Å². The van der Waals surface area contributed by atoms with Crippen molar-refractivity contribution in [2.75, 3.05) is 5.32 Å². The van der Waals surface area contributed by atoms with E-state index < -0.39 is 0 Å².